The van der Waals surface area contributed by atoms with Crippen molar-refractivity contribution in [1.82, 2.24) is 4.90 Å². The first-order chi connectivity index (χ1) is 4.52. The molecule has 60 valence electrons. The summed E-state index contributed by atoms with van der Waals surface area (Å²) in [4.78, 5) is 1.90. The molecule has 1 aliphatic heterocycles. The van der Waals surface area contributed by atoms with E-state index in [0.29, 0.717) is 13.0 Å². The smallest absolute Gasteiger partial charge is 0.146 e. The molecule has 1 heterocycles. The van der Waals surface area contributed by atoms with Gasteiger partial charge in [-0.15, -0.1) is 0 Å². The predicted molar refractivity (Wildman–Crippen MR) is 37.6 cm³/mol. The van der Waals surface area contributed by atoms with Crippen LogP contribution in [-0.2, 0) is 0 Å². The van der Waals surface area contributed by atoms with Crippen molar-refractivity contribution in [2.24, 2.45) is 0 Å². The Morgan fingerprint density at radius 3 is 2.70 bits per heavy atom. The van der Waals surface area contributed by atoms with Gasteiger partial charge in [0.05, 0.1) is 6.10 Å². The summed E-state index contributed by atoms with van der Waals surface area (Å²) in [5.41, 5.74) is -1.41. The monoisotopic (exact) mass is 147 g/mol. The van der Waals surface area contributed by atoms with Crippen LogP contribution in [0.25, 0.3) is 0 Å². The molecule has 1 aliphatic rings. The number of nitrogens with zero attached hydrogens (tertiary/aromatic N) is 1. The van der Waals surface area contributed by atoms with Gasteiger partial charge >= 0.3 is 0 Å². The van der Waals surface area contributed by atoms with Crippen LogP contribution in [0.4, 0.5) is 4.39 Å². The molecule has 1 N–H and O–H groups in total. The lowest BCUT2D eigenvalue weighted by Gasteiger charge is -2.36. The molecule has 2 atom stereocenters. The summed E-state index contributed by atoms with van der Waals surface area (Å²) in [6.45, 7) is 2.59. The van der Waals surface area contributed by atoms with Crippen molar-refractivity contribution in [2.75, 3.05) is 20.1 Å². The van der Waals surface area contributed by atoms with Crippen LogP contribution in [0.5, 0.6) is 0 Å². The molecule has 1 fully saturated rings. The fourth-order valence-corrected chi connectivity index (χ4v) is 1.36. The van der Waals surface area contributed by atoms with Gasteiger partial charge in [-0.3, -0.25) is 0 Å². The van der Waals surface area contributed by atoms with Gasteiger partial charge in [0.2, 0.25) is 0 Å². The van der Waals surface area contributed by atoms with Gasteiger partial charge < -0.3 is 10.0 Å². The van der Waals surface area contributed by atoms with Gasteiger partial charge in [0, 0.05) is 13.1 Å². The fraction of sp³-hybridized carbons (Fsp3) is 1.00. The first kappa shape index (κ1) is 7.95. The molecule has 10 heavy (non-hydrogen) atoms. The molecule has 0 aromatic rings. The summed E-state index contributed by atoms with van der Waals surface area (Å²) >= 11 is 0. The molecular weight excluding hydrogens is 133 g/mol. The van der Waals surface area contributed by atoms with E-state index in [1.54, 1.807) is 0 Å². The number of hydrogen-bond acceptors (Lipinski definition) is 2. The van der Waals surface area contributed by atoms with E-state index in [1.807, 2.05) is 11.9 Å². The molecule has 0 aliphatic carbocycles. The Balaban J connectivity index is 2.55. The summed E-state index contributed by atoms with van der Waals surface area (Å²) in [7, 11) is 1.86. The lowest BCUT2D eigenvalue weighted by Crippen LogP contribution is -2.50. The van der Waals surface area contributed by atoms with Crippen LogP contribution in [0.1, 0.15) is 13.3 Å². The molecule has 0 bridgehead atoms. The highest BCUT2D eigenvalue weighted by atomic mass is 19.1. The van der Waals surface area contributed by atoms with Gasteiger partial charge in [-0.2, -0.15) is 0 Å². The quantitative estimate of drug-likeness (QED) is 0.536. The normalized spacial score (nSPS) is 43.8. The standard InChI is InChI=1S/C7H14FNO/c1-7(8)5-9(2)4-3-6(7)10/h6,10H,3-5H2,1-2H3. The molecule has 0 saturated carbocycles. The third kappa shape index (κ3) is 1.47. The number of hydrogen-bond donors (Lipinski definition) is 1. The molecular formula is C7H14FNO. The van der Waals surface area contributed by atoms with Gasteiger partial charge in [-0.25, -0.2) is 4.39 Å². The first-order valence-corrected chi connectivity index (χ1v) is 3.58. The van der Waals surface area contributed by atoms with E-state index in [1.165, 1.54) is 6.92 Å². The van der Waals surface area contributed by atoms with Crippen LogP contribution < -0.4 is 0 Å². The molecule has 1 rings (SSSR count). The van der Waals surface area contributed by atoms with Crippen LogP contribution >= 0.6 is 0 Å². The zero-order chi connectivity index (χ0) is 7.78. The molecule has 0 aromatic heterocycles. The number of aliphatic hydroxyl groups excluding tert-OH is 1. The third-order valence-electron chi connectivity index (χ3n) is 2.06. The average Bonchev–Trinajstić information content (AvgIpc) is 1.78. The topological polar surface area (TPSA) is 23.5 Å². The minimum Gasteiger partial charge on any atom is -0.390 e. The van der Waals surface area contributed by atoms with E-state index >= 15 is 0 Å². The van der Waals surface area contributed by atoms with Crippen molar-refractivity contribution in [3.05, 3.63) is 0 Å². The zero-order valence-electron chi connectivity index (χ0n) is 6.47. The van der Waals surface area contributed by atoms with Crippen molar-refractivity contribution in [3.63, 3.8) is 0 Å². The number of alkyl halides is 1. The number of halogens is 1. The second kappa shape index (κ2) is 2.47. The highest BCUT2D eigenvalue weighted by Crippen LogP contribution is 2.23. The number of rotatable bonds is 0. The summed E-state index contributed by atoms with van der Waals surface area (Å²) in [5.74, 6) is 0. The van der Waals surface area contributed by atoms with E-state index in [2.05, 4.69) is 0 Å². The van der Waals surface area contributed by atoms with Gasteiger partial charge in [0.1, 0.15) is 5.67 Å². The second-order valence-electron chi connectivity index (χ2n) is 3.32. The van der Waals surface area contributed by atoms with Crippen molar-refractivity contribution in [2.45, 2.75) is 25.1 Å². The van der Waals surface area contributed by atoms with E-state index in [-0.39, 0.29) is 0 Å². The van der Waals surface area contributed by atoms with E-state index < -0.39 is 11.8 Å². The molecule has 2 unspecified atom stereocenters. The highest BCUT2D eigenvalue weighted by molar-refractivity contribution is 4.89. The van der Waals surface area contributed by atoms with Crippen LogP contribution in [0.2, 0.25) is 0 Å². The molecule has 0 amide bonds. The Labute approximate surface area is 60.6 Å². The molecule has 3 heteroatoms. The molecule has 0 aromatic carbocycles. The Morgan fingerprint density at radius 2 is 2.30 bits per heavy atom. The van der Waals surface area contributed by atoms with Crippen molar-refractivity contribution >= 4 is 0 Å². The molecule has 2 nitrogen and oxygen atoms in total. The van der Waals surface area contributed by atoms with E-state index in [4.69, 9.17) is 5.11 Å². The fourth-order valence-electron chi connectivity index (χ4n) is 1.36. The van der Waals surface area contributed by atoms with Crippen LogP contribution in [0.3, 0.4) is 0 Å². The molecule has 0 spiro atoms. The van der Waals surface area contributed by atoms with Gasteiger partial charge in [-0.05, 0) is 20.4 Å². The summed E-state index contributed by atoms with van der Waals surface area (Å²) in [6, 6.07) is 0. The minimum atomic E-state index is -1.41. The van der Waals surface area contributed by atoms with Crippen molar-refractivity contribution in [3.8, 4) is 0 Å². The van der Waals surface area contributed by atoms with Crippen molar-refractivity contribution < 1.29 is 9.50 Å². The van der Waals surface area contributed by atoms with E-state index in [9.17, 15) is 4.39 Å². The maximum Gasteiger partial charge on any atom is 0.146 e. The maximum atomic E-state index is 13.2. The summed E-state index contributed by atoms with van der Waals surface area (Å²) in [6.07, 6.45) is -0.229. The number of likely N-dealkylation sites (tertiary alicyclic amines) is 1. The Bertz CT molecular complexity index is 127. The van der Waals surface area contributed by atoms with E-state index in [0.717, 1.165) is 6.54 Å². The number of piperidine rings is 1. The van der Waals surface area contributed by atoms with Crippen LogP contribution in [0.15, 0.2) is 0 Å². The molecule has 1 saturated heterocycles. The summed E-state index contributed by atoms with van der Waals surface area (Å²) < 4.78 is 13.2. The largest absolute Gasteiger partial charge is 0.390 e. The molecule has 0 radical (unpaired) electrons. The number of aliphatic hydroxyl groups is 1. The van der Waals surface area contributed by atoms with Crippen molar-refractivity contribution in [1.29, 1.82) is 0 Å². The zero-order valence-corrected chi connectivity index (χ0v) is 6.47. The average molecular weight is 147 g/mol. The second-order valence-corrected chi connectivity index (χ2v) is 3.32. The lowest BCUT2D eigenvalue weighted by molar-refractivity contribution is -0.0506. The van der Waals surface area contributed by atoms with Crippen LogP contribution in [-0.4, -0.2) is 41.9 Å². The third-order valence-corrected chi connectivity index (χ3v) is 2.06. The van der Waals surface area contributed by atoms with Gasteiger partial charge in [0.25, 0.3) is 0 Å². The minimum absolute atomic E-state index is 0.341. The van der Waals surface area contributed by atoms with Crippen LogP contribution in [0, 0.1) is 0 Å². The summed E-state index contributed by atoms with van der Waals surface area (Å²) in [5, 5.41) is 9.15. The van der Waals surface area contributed by atoms with Gasteiger partial charge in [0.15, 0.2) is 0 Å². The Hall–Kier alpha value is -0.150. The maximum absolute atomic E-state index is 13.2. The SMILES string of the molecule is CN1CCC(O)C(C)(F)C1. The Kier molecular flexibility index (Phi) is 1.97. The lowest BCUT2D eigenvalue weighted by atomic mass is 9.94. The first-order valence-electron chi connectivity index (χ1n) is 3.58. The Morgan fingerprint density at radius 1 is 1.70 bits per heavy atom. The van der Waals surface area contributed by atoms with Gasteiger partial charge in [-0.1, -0.05) is 0 Å². The predicted octanol–water partition coefficient (Wildman–Crippen LogP) is 0.411. The highest BCUT2D eigenvalue weighted by Gasteiger charge is 2.37.